The van der Waals surface area contributed by atoms with E-state index in [0.29, 0.717) is 13.1 Å². The van der Waals surface area contributed by atoms with Gasteiger partial charge in [-0.25, -0.2) is 4.39 Å². The van der Waals surface area contributed by atoms with Crippen molar-refractivity contribution in [1.82, 2.24) is 4.90 Å². The fourth-order valence-corrected chi connectivity index (χ4v) is 1.90. The van der Waals surface area contributed by atoms with Crippen LogP contribution in [-0.4, -0.2) is 44.0 Å². The quantitative estimate of drug-likeness (QED) is 0.781. The first-order valence-electron chi connectivity index (χ1n) is 6.74. The SMILES string of the molecule is COC(=O)C(C)CN(C)CCC(=O)Nc1ccccc1F. The van der Waals surface area contributed by atoms with Crippen molar-refractivity contribution in [2.45, 2.75) is 13.3 Å². The molecule has 0 bridgehead atoms. The van der Waals surface area contributed by atoms with Gasteiger partial charge >= 0.3 is 5.97 Å². The molecule has 1 aromatic rings. The Morgan fingerprint density at radius 3 is 2.67 bits per heavy atom. The number of carbonyl (C=O) groups excluding carboxylic acids is 2. The van der Waals surface area contributed by atoms with E-state index < -0.39 is 5.82 Å². The van der Waals surface area contributed by atoms with Crippen LogP contribution in [-0.2, 0) is 14.3 Å². The van der Waals surface area contributed by atoms with Crippen molar-refractivity contribution in [3.05, 3.63) is 30.1 Å². The smallest absolute Gasteiger partial charge is 0.309 e. The van der Waals surface area contributed by atoms with Crippen molar-refractivity contribution >= 4 is 17.6 Å². The minimum Gasteiger partial charge on any atom is -0.469 e. The molecule has 0 heterocycles. The van der Waals surface area contributed by atoms with Crippen molar-refractivity contribution in [2.24, 2.45) is 5.92 Å². The van der Waals surface area contributed by atoms with Crippen LogP contribution in [0.5, 0.6) is 0 Å². The number of nitrogens with zero attached hydrogens (tertiary/aromatic N) is 1. The summed E-state index contributed by atoms with van der Waals surface area (Å²) in [5, 5.41) is 2.52. The van der Waals surface area contributed by atoms with E-state index in [9.17, 15) is 14.0 Å². The minimum absolute atomic E-state index is 0.174. The Balaban J connectivity index is 2.36. The Kier molecular flexibility index (Phi) is 6.81. The van der Waals surface area contributed by atoms with Crippen LogP contribution >= 0.6 is 0 Å². The van der Waals surface area contributed by atoms with Crippen LogP contribution in [0.15, 0.2) is 24.3 Å². The molecule has 5 nitrogen and oxygen atoms in total. The van der Waals surface area contributed by atoms with Gasteiger partial charge in [0.05, 0.1) is 18.7 Å². The number of methoxy groups -OCH3 is 1. The summed E-state index contributed by atoms with van der Waals surface area (Å²) in [5.74, 6) is -1.26. The van der Waals surface area contributed by atoms with E-state index in [1.54, 1.807) is 19.1 Å². The third kappa shape index (κ3) is 5.91. The summed E-state index contributed by atoms with van der Waals surface area (Å²) >= 11 is 0. The number of halogens is 1. The molecule has 0 spiro atoms. The first-order valence-corrected chi connectivity index (χ1v) is 6.74. The molecule has 0 aromatic heterocycles. The summed E-state index contributed by atoms with van der Waals surface area (Å²) in [6.07, 6.45) is 0.221. The number of rotatable bonds is 7. The standard InChI is InChI=1S/C15H21FN2O3/c1-11(15(20)21-3)10-18(2)9-8-14(19)17-13-7-5-4-6-12(13)16/h4-7,11H,8-10H2,1-3H3,(H,17,19). The van der Waals surface area contributed by atoms with E-state index in [2.05, 4.69) is 10.1 Å². The van der Waals surface area contributed by atoms with Gasteiger partial charge in [-0.1, -0.05) is 19.1 Å². The van der Waals surface area contributed by atoms with Crippen LogP contribution in [0.3, 0.4) is 0 Å². The third-order valence-electron chi connectivity index (χ3n) is 3.06. The molecule has 1 atom stereocenters. The maximum Gasteiger partial charge on any atom is 0.309 e. The fraction of sp³-hybridized carbons (Fsp3) is 0.467. The average Bonchev–Trinajstić information content (AvgIpc) is 2.46. The lowest BCUT2D eigenvalue weighted by molar-refractivity contribution is -0.145. The summed E-state index contributed by atoms with van der Waals surface area (Å²) in [7, 11) is 3.16. The molecule has 0 aliphatic rings. The van der Waals surface area contributed by atoms with E-state index in [1.807, 2.05) is 11.9 Å². The van der Waals surface area contributed by atoms with Crippen molar-refractivity contribution < 1.29 is 18.7 Å². The Hall–Kier alpha value is -1.95. The van der Waals surface area contributed by atoms with Gasteiger partial charge in [0, 0.05) is 19.5 Å². The second-order valence-corrected chi connectivity index (χ2v) is 4.96. The van der Waals surface area contributed by atoms with Gasteiger partial charge in [-0.2, -0.15) is 0 Å². The molecule has 0 saturated heterocycles. The number of carbonyl (C=O) groups is 2. The molecule has 0 fully saturated rings. The van der Waals surface area contributed by atoms with E-state index in [4.69, 9.17) is 0 Å². The van der Waals surface area contributed by atoms with Gasteiger partial charge in [-0.05, 0) is 19.2 Å². The number of hydrogen-bond donors (Lipinski definition) is 1. The first-order chi connectivity index (χ1) is 9.93. The first kappa shape index (κ1) is 17.1. The summed E-state index contributed by atoms with van der Waals surface area (Å²) in [5.41, 5.74) is 0.174. The van der Waals surface area contributed by atoms with Crippen LogP contribution < -0.4 is 5.32 Å². The van der Waals surface area contributed by atoms with Crippen LogP contribution in [0.4, 0.5) is 10.1 Å². The van der Waals surface area contributed by atoms with Crippen LogP contribution in [0.1, 0.15) is 13.3 Å². The molecule has 0 aliphatic carbocycles. The van der Waals surface area contributed by atoms with Crippen molar-refractivity contribution in [1.29, 1.82) is 0 Å². The predicted octanol–water partition coefficient (Wildman–Crippen LogP) is 1.90. The molecule has 0 aliphatic heterocycles. The number of para-hydroxylation sites is 1. The number of ether oxygens (including phenoxy) is 1. The monoisotopic (exact) mass is 296 g/mol. The third-order valence-corrected chi connectivity index (χ3v) is 3.06. The molecule has 0 radical (unpaired) electrons. The Morgan fingerprint density at radius 1 is 1.38 bits per heavy atom. The summed E-state index contributed by atoms with van der Waals surface area (Å²) in [6.45, 7) is 2.74. The molecule has 6 heteroatoms. The summed E-state index contributed by atoms with van der Waals surface area (Å²) in [4.78, 5) is 24.9. The Morgan fingerprint density at radius 2 is 2.05 bits per heavy atom. The maximum absolute atomic E-state index is 13.4. The largest absolute Gasteiger partial charge is 0.469 e. The van der Waals surface area contributed by atoms with Crippen molar-refractivity contribution in [3.8, 4) is 0 Å². The second-order valence-electron chi connectivity index (χ2n) is 4.96. The fourth-order valence-electron chi connectivity index (χ4n) is 1.90. The highest BCUT2D eigenvalue weighted by molar-refractivity contribution is 5.90. The zero-order valence-corrected chi connectivity index (χ0v) is 12.6. The predicted molar refractivity (Wildman–Crippen MR) is 78.3 cm³/mol. The molecule has 1 amide bonds. The van der Waals surface area contributed by atoms with E-state index in [1.165, 1.54) is 19.2 Å². The molecule has 21 heavy (non-hydrogen) atoms. The van der Waals surface area contributed by atoms with E-state index >= 15 is 0 Å². The normalized spacial score (nSPS) is 12.0. The van der Waals surface area contributed by atoms with Crippen LogP contribution in [0.25, 0.3) is 0 Å². The zero-order chi connectivity index (χ0) is 15.8. The highest BCUT2D eigenvalue weighted by atomic mass is 19.1. The number of hydrogen-bond acceptors (Lipinski definition) is 4. The molecule has 1 N–H and O–H groups in total. The van der Waals surface area contributed by atoms with Gasteiger partial charge in [0.1, 0.15) is 5.82 Å². The molecule has 116 valence electrons. The van der Waals surface area contributed by atoms with Crippen molar-refractivity contribution in [2.75, 3.05) is 32.6 Å². The molecular weight excluding hydrogens is 275 g/mol. The van der Waals surface area contributed by atoms with Gasteiger partial charge in [0.25, 0.3) is 0 Å². The number of anilines is 1. The number of nitrogens with one attached hydrogen (secondary N) is 1. The number of amides is 1. The molecule has 1 unspecified atom stereocenters. The summed E-state index contributed by atoms with van der Waals surface area (Å²) < 4.78 is 18.0. The van der Waals surface area contributed by atoms with E-state index in [0.717, 1.165) is 0 Å². The number of esters is 1. The van der Waals surface area contributed by atoms with Gasteiger partial charge in [-0.3, -0.25) is 9.59 Å². The highest BCUT2D eigenvalue weighted by Crippen LogP contribution is 2.12. The topological polar surface area (TPSA) is 58.6 Å². The molecule has 0 saturated carbocycles. The Labute approximate surface area is 124 Å². The zero-order valence-electron chi connectivity index (χ0n) is 12.6. The molecule has 1 rings (SSSR count). The highest BCUT2D eigenvalue weighted by Gasteiger charge is 2.16. The van der Waals surface area contributed by atoms with Crippen LogP contribution in [0.2, 0.25) is 0 Å². The number of benzene rings is 1. The average molecular weight is 296 g/mol. The van der Waals surface area contributed by atoms with Crippen LogP contribution in [0, 0.1) is 11.7 Å². The minimum atomic E-state index is -0.460. The summed E-state index contributed by atoms with van der Waals surface area (Å²) in [6, 6.07) is 6.02. The molecular formula is C15H21FN2O3. The van der Waals surface area contributed by atoms with Gasteiger partial charge in [-0.15, -0.1) is 0 Å². The lowest BCUT2D eigenvalue weighted by Gasteiger charge is -2.19. The van der Waals surface area contributed by atoms with Gasteiger partial charge in [0.15, 0.2) is 0 Å². The molecule has 1 aromatic carbocycles. The van der Waals surface area contributed by atoms with Gasteiger partial charge < -0.3 is 15.0 Å². The Bertz CT molecular complexity index is 494. The lowest BCUT2D eigenvalue weighted by Crippen LogP contribution is -2.31. The van der Waals surface area contributed by atoms with Crippen molar-refractivity contribution in [3.63, 3.8) is 0 Å². The lowest BCUT2D eigenvalue weighted by atomic mass is 10.1. The van der Waals surface area contributed by atoms with Gasteiger partial charge in [0.2, 0.25) is 5.91 Å². The van der Waals surface area contributed by atoms with E-state index in [-0.39, 0.29) is 29.9 Å². The maximum atomic E-state index is 13.4. The second kappa shape index (κ2) is 8.36.